The molecule has 22 heavy (non-hydrogen) atoms. The van der Waals surface area contributed by atoms with Crippen molar-refractivity contribution < 1.29 is 14.3 Å². The number of hydrogen-bond acceptors (Lipinski definition) is 4. The predicted molar refractivity (Wildman–Crippen MR) is 89.7 cm³/mol. The first-order valence-electron chi connectivity index (χ1n) is 7.07. The number of amides is 2. The fourth-order valence-electron chi connectivity index (χ4n) is 1.73. The summed E-state index contributed by atoms with van der Waals surface area (Å²) in [6.07, 6.45) is 0.776. The average molecular weight is 330 g/mol. The summed E-state index contributed by atoms with van der Waals surface area (Å²) in [5, 5.41) is 8.31. The molecular formula is C15H24ClN3O3. The standard InChI is InChI=1S/C15H23N3O3.ClH/c1-3-21-9-5-8-17-15(20)12-6-4-7-13(10-12)18-14(19)11-16-2;/h4,6-7,10,16H,3,5,8-9,11H2,1-2H3,(H,17,20)(H,18,19);1H. The predicted octanol–water partition coefficient (Wildman–Crippen LogP) is 1.42. The number of carbonyl (C=O) groups is 2. The summed E-state index contributed by atoms with van der Waals surface area (Å²) >= 11 is 0. The van der Waals surface area contributed by atoms with Crippen LogP contribution < -0.4 is 16.0 Å². The van der Waals surface area contributed by atoms with Crippen molar-refractivity contribution in [1.29, 1.82) is 0 Å². The summed E-state index contributed by atoms with van der Waals surface area (Å²) in [7, 11) is 1.70. The Morgan fingerprint density at radius 1 is 1.27 bits per heavy atom. The van der Waals surface area contributed by atoms with Crippen LogP contribution in [0.4, 0.5) is 5.69 Å². The Bertz CT molecular complexity index is 469. The van der Waals surface area contributed by atoms with Crippen molar-refractivity contribution in [2.75, 3.05) is 38.7 Å². The van der Waals surface area contributed by atoms with E-state index in [1.807, 2.05) is 6.92 Å². The van der Waals surface area contributed by atoms with Crippen molar-refractivity contribution in [2.24, 2.45) is 0 Å². The van der Waals surface area contributed by atoms with Gasteiger partial charge in [-0.05, 0) is 38.6 Å². The van der Waals surface area contributed by atoms with E-state index in [4.69, 9.17) is 4.74 Å². The normalized spacial score (nSPS) is 9.73. The van der Waals surface area contributed by atoms with Crippen molar-refractivity contribution >= 4 is 29.9 Å². The van der Waals surface area contributed by atoms with Gasteiger partial charge in [0.15, 0.2) is 0 Å². The molecule has 1 rings (SSSR count). The van der Waals surface area contributed by atoms with Crippen LogP contribution in [0.15, 0.2) is 24.3 Å². The van der Waals surface area contributed by atoms with Crippen LogP contribution in [0.5, 0.6) is 0 Å². The number of carbonyl (C=O) groups excluding carboxylic acids is 2. The largest absolute Gasteiger partial charge is 0.382 e. The molecule has 0 fully saturated rings. The molecule has 0 radical (unpaired) electrons. The monoisotopic (exact) mass is 329 g/mol. The second-order valence-corrected chi connectivity index (χ2v) is 4.47. The summed E-state index contributed by atoms with van der Waals surface area (Å²) < 4.78 is 5.20. The Labute approximate surface area is 137 Å². The highest BCUT2D eigenvalue weighted by molar-refractivity contribution is 5.97. The van der Waals surface area contributed by atoms with E-state index in [9.17, 15) is 9.59 Å². The molecule has 0 saturated carbocycles. The highest BCUT2D eigenvalue weighted by Gasteiger charge is 2.07. The topological polar surface area (TPSA) is 79.5 Å². The van der Waals surface area contributed by atoms with Gasteiger partial charge in [0.2, 0.25) is 5.91 Å². The zero-order chi connectivity index (χ0) is 15.5. The molecule has 0 bridgehead atoms. The van der Waals surface area contributed by atoms with Crippen molar-refractivity contribution in [3.8, 4) is 0 Å². The SMILES string of the molecule is CCOCCCNC(=O)c1cccc(NC(=O)CNC)c1.Cl. The summed E-state index contributed by atoms with van der Waals surface area (Å²) in [5.41, 5.74) is 1.13. The molecule has 0 aliphatic heterocycles. The maximum Gasteiger partial charge on any atom is 0.251 e. The van der Waals surface area contributed by atoms with Crippen molar-refractivity contribution in [2.45, 2.75) is 13.3 Å². The van der Waals surface area contributed by atoms with Gasteiger partial charge < -0.3 is 20.7 Å². The van der Waals surface area contributed by atoms with Crippen LogP contribution in [0.3, 0.4) is 0 Å². The van der Waals surface area contributed by atoms with Crippen molar-refractivity contribution in [3.05, 3.63) is 29.8 Å². The zero-order valence-corrected chi connectivity index (χ0v) is 13.8. The molecule has 1 aromatic carbocycles. The lowest BCUT2D eigenvalue weighted by atomic mass is 10.2. The van der Waals surface area contributed by atoms with Gasteiger partial charge in [-0.1, -0.05) is 6.07 Å². The number of rotatable bonds is 9. The minimum Gasteiger partial charge on any atom is -0.382 e. The van der Waals surface area contributed by atoms with Crippen LogP contribution in [0.1, 0.15) is 23.7 Å². The lowest BCUT2D eigenvalue weighted by Crippen LogP contribution is -2.26. The Morgan fingerprint density at radius 3 is 2.73 bits per heavy atom. The van der Waals surface area contributed by atoms with E-state index in [1.165, 1.54) is 0 Å². The van der Waals surface area contributed by atoms with Gasteiger partial charge in [-0.2, -0.15) is 0 Å². The third-order valence-electron chi connectivity index (χ3n) is 2.70. The molecule has 0 unspecified atom stereocenters. The minimum atomic E-state index is -0.156. The third kappa shape index (κ3) is 7.97. The quantitative estimate of drug-likeness (QED) is 0.599. The number of hydrogen-bond donors (Lipinski definition) is 3. The van der Waals surface area contributed by atoms with Crippen LogP contribution in [-0.2, 0) is 9.53 Å². The Balaban J connectivity index is 0.00000441. The highest BCUT2D eigenvalue weighted by atomic mass is 35.5. The fourth-order valence-corrected chi connectivity index (χ4v) is 1.73. The van der Waals surface area contributed by atoms with Gasteiger partial charge in [0, 0.05) is 31.0 Å². The first-order chi connectivity index (χ1) is 10.2. The zero-order valence-electron chi connectivity index (χ0n) is 13.0. The molecular weight excluding hydrogens is 306 g/mol. The van der Waals surface area contributed by atoms with E-state index < -0.39 is 0 Å². The fraction of sp³-hybridized carbons (Fsp3) is 0.467. The second-order valence-electron chi connectivity index (χ2n) is 4.47. The minimum absolute atomic E-state index is 0. The highest BCUT2D eigenvalue weighted by Crippen LogP contribution is 2.10. The Hall–Kier alpha value is -1.63. The lowest BCUT2D eigenvalue weighted by molar-refractivity contribution is -0.115. The van der Waals surface area contributed by atoms with Gasteiger partial charge in [0.1, 0.15) is 0 Å². The molecule has 0 spiro atoms. The van der Waals surface area contributed by atoms with E-state index in [1.54, 1.807) is 31.3 Å². The molecule has 0 atom stereocenters. The van der Waals surface area contributed by atoms with Crippen molar-refractivity contribution in [1.82, 2.24) is 10.6 Å². The van der Waals surface area contributed by atoms with E-state index in [-0.39, 0.29) is 30.8 Å². The summed E-state index contributed by atoms with van der Waals surface area (Å²) in [6, 6.07) is 6.86. The first kappa shape index (κ1) is 20.4. The molecule has 3 N–H and O–H groups in total. The number of nitrogens with one attached hydrogen (secondary N) is 3. The first-order valence-corrected chi connectivity index (χ1v) is 7.07. The maximum atomic E-state index is 12.0. The molecule has 0 heterocycles. The second kappa shape index (κ2) is 12.0. The van der Waals surface area contributed by atoms with E-state index in [2.05, 4.69) is 16.0 Å². The third-order valence-corrected chi connectivity index (χ3v) is 2.70. The molecule has 1 aromatic rings. The molecule has 2 amide bonds. The summed E-state index contributed by atoms with van der Waals surface area (Å²) in [5.74, 6) is -0.303. The lowest BCUT2D eigenvalue weighted by Gasteiger charge is -2.08. The number of likely N-dealkylation sites (N-methyl/N-ethyl adjacent to an activating group) is 1. The summed E-state index contributed by atoms with van der Waals surface area (Å²) in [4.78, 5) is 23.4. The van der Waals surface area contributed by atoms with Gasteiger partial charge in [0.05, 0.1) is 6.54 Å². The van der Waals surface area contributed by atoms with Crippen LogP contribution >= 0.6 is 12.4 Å². The molecule has 0 aromatic heterocycles. The van der Waals surface area contributed by atoms with E-state index >= 15 is 0 Å². The van der Waals surface area contributed by atoms with Gasteiger partial charge in [-0.3, -0.25) is 9.59 Å². The molecule has 0 aliphatic rings. The maximum absolute atomic E-state index is 12.0. The molecule has 6 nitrogen and oxygen atoms in total. The van der Waals surface area contributed by atoms with Gasteiger partial charge in [-0.25, -0.2) is 0 Å². The summed E-state index contributed by atoms with van der Waals surface area (Å²) in [6.45, 7) is 4.05. The van der Waals surface area contributed by atoms with Gasteiger partial charge in [0.25, 0.3) is 5.91 Å². The van der Waals surface area contributed by atoms with Crippen molar-refractivity contribution in [3.63, 3.8) is 0 Å². The average Bonchev–Trinajstić information content (AvgIpc) is 2.47. The molecule has 0 saturated heterocycles. The van der Waals surface area contributed by atoms with Gasteiger partial charge in [-0.15, -0.1) is 12.4 Å². The van der Waals surface area contributed by atoms with E-state index in [0.717, 1.165) is 6.42 Å². The Kier molecular flexibility index (Phi) is 11.1. The van der Waals surface area contributed by atoms with Crippen LogP contribution in [0.25, 0.3) is 0 Å². The van der Waals surface area contributed by atoms with Crippen LogP contribution in [0, 0.1) is 0 Å². The number of ether oxygens (including phenoxy) is 1. The molecule has 0 aliphatic carbocycles. The number of benzene rings is 1. The molecule has 7 heteroatoms. The Morgan fingerprint density at radius 2 is 2.05 bits per heavy atom. The van der Waals surface area contributed by atoms with Crippen LogP contribution in [-0.4, -0.2) is 45.2 Å². The number of anilines is 1. The number of halogens is 1. The van der Waals surface area contributed by atoms with Gasteiger partial charge >= 0.3 is 0 Å². The van der Waals surface area contributed by atoms with Crippen LogP contribution in [0.2, 0.25) is 0 Å². The molecule has 124 valence electrons. The van der Waals surface area contributed by atoms with E-state index in [0.29, 0.717) is 31.0 Å². The smallest absolute Gasteiger partial charge is 0.251 e.